The number of amides is 2. The van der Waals surface area contributed by atoms with Gasteiger partial charge in [0.25, 0.3) is 0 Å². The molecule has 0 unspecified atom stereocenters. The Balaban J connectivity index is 2.92. The molecule has 0 saturated carbocycles. The topological polar surface area (TPSA) is 89.9 Å². The predicted molar refractivity (Wildman–Crippen MR) is 81.4 cm³/mol. The first-order valence-corrected chi connectivity index (χ1v) is 7.05. The maximum Gasteiger partial charge on any atom is 0.335 e. The number of anilines is 1. The van der Waals surface area contributed by atoms with Crippen molar-refractivity contribution >= 4 is 40.9 Å². The number of hydrogen-bond donors (Lipinski definition) is 3. The van der Waals surface area contributed by atoms with Crippen molar-refractivity contribution in [2.24, 2.45) is 0 Å². The van der Waals surface area contributed by atoms with Crippen LogP contribution in [0.2, 0.25) is 10.0 Å². The van der Waals surface area contributed by atoms with E-state index < -0.39 is 12.0 Å². The van der Waals surface area contributed by atoms with Crippen LogP contribution in [0.1, 0.15) is 23.7 Å². The van der Waals surface area contributed by atoms with E-state index >= 15 is 0 Å². The quantitative estimate of drug-likeness (QED) is 0.746. The predicted octanol–water partition coefficient (Wildman–Crippen LogP) is 2.93. The van der Waals surface area contributed by atoms with Crippen LogP contribution in [-0.4, -0.2) is 46.8 Å². The molecule has 0 fully saturated rings. The molecule has 0 aliphatic carbocycles. The van der Waals surface area contributed by atoms with Crippen LogP contribution >= 0.6 is 23.2 Å². The molecule has 8 heteroatoms. The van der Waals surface area contributed by atoms with Crippen molar-refractivity contribution in [1.29, 1.82) is 0 Å². The van der Waals surface area contributed by atoms with E-state index in [1.807, 2.05) is 0 Å². The highest BCUT2D eigenvalue weighted by Crippen LogP contribution is 2.32. The van der Waals surface area contributed by atoms with Gasteiger partial charge in [-0.25, -0.2) is 9.59 Å². The molecule has 0 atom stereocenters. The Bertz CT molecular complexity index is 514. The summed E-state index contributed by atoms with van der Waals surface area (Å²) in [6.07, 6.45) is 0.459. The van der Waals surface area contributed by atoms with E-state index in [9.17, 15) is 9.59 Å². The van der Waals surface area contributed by atoms with E-state index in [1.165, 1.54) is 17.0 Å². The monoisotopic (exact) mass is 334 g/mol. The molecule has 0 bridgehead atoms. The zero-order valence-electron chi connectivity index (χ0n) is 11.4. The fourth-order valence-corrected chi connectivity index (χ4v) is 2.25. The highest BCUT2D eigenvalue weighted by Gasteiger charge is 2.17. The van der Waals surface area contributed by atoms with E-state index in [0.29, 0.717) is 19.5 Å². The van der Waals surface area contributed by atoms with Crippen LogP contribution in [-0.2, 0) is 0 Å². The number of benzene rings is 1. The van der Waals surface area contributed by atoms with E-state index in [2.05, 4.69) is 5.32 Å². The molecule has 0 aliphatic rings. The van der Waals surface area contributed by atoms with E-state index in [1.54, 1.807) is 6.92 Å². The van der Waals surface area contributed by atoms with Crippen molar-refractivity contribution in [2.45, 2.75) is 13.3 Å². The van der Waals surface area contributed by atoms with E-state index in [-0.39, 0.29) is 27.9 Å². The molecule has 21 heavy (non-hydrogen) atoms. The van der Waals surface area contributed by atoms with Crippen LogP contribution in [0.15, 0.2) is 12.1 Å². The zero-order chi connectivity index (χ0) is 16.0. The van der Waals surface area contributed by atoms with Crippen LogP contribution < -0.4 is 5.32 Å². The van der Waals surface area contributed by atoms with Crippen LogP contribution in [0.5, 0.6) is 0 Å². The Morgan fingerprint density at radius 2 is 1.86 bits per heavy atom. The van der Waals surface area contributed by atoms with Gasteiger partial charge in [-0.1, -0.05) is 23.2 Å². The highest BCUT2D eigenvalue weighted by atomic mass is 35.5. The van der Waals surface area contributed by atoms with Gasteiger partial charge in [0.1, 0.15) is 0 Å². The highest BCUT2D eigenvalue weighted by molar-refractivity contribution is 6.40. The van der Waals surface area contributed by atoms with Crippen molar-refractivity contribution in [1.82, 2.24) is 4.90 Å². The average molecular weight is 335 g/mol. The molecule has 0 radical (unpaired) electrons. The minimum Gasteiger partial charge on any atom is -0.478 e. The number of carbonyl (C=O) groups excluding carboxylic acids is 1. The van der Waals surface area contributed by atoms with Crippen molar-refractivity contribution < 1.29 is 19.8 Å². The molecule has 1 aromatic rings. The van der Waals surface area contributed by atoms with Gasteiger partial charge >= 0.3 is 12.0 Å². The molecule has 3 N–H and O–H groups in total. The number of rotatable bonds is 6. The van der Waals surface area contributed by atoms with Gasteiger partial charge in [-0.2, -0.15) is 0 Å². The summed E-state index contributed by atoms with van der Waals surface area (Å²) in [4.78, 5) is 24.4. The second-order valence-electron chi connectivity index (χ2n) is 4.21. The summed E-state index contributed by atoms with van der Waals surface area (Å²) in [6.45, 7) is 2.63. The molecule has 1 rings (SSSR count). The molecule has 2 amide bonds. The molecular formula is C13H16Cl2N2O4. The Labute approximate surface area is 132 Å². The lowest BCUT2D eigenvalue weighted by molar-refractivity contribution is 0.0697. The zero-order valence-corrected chi connectivity index (χ0v) is 12.9. The summed E-state index contributed by atoms with van der Waals surface area (Å²) in [6, 6.07) is 2.02. The summed E-state index contributed by atoms with van der Waals surface area (Å²) in [5.74, 6) is -1.16. The Kier molecular flexibility index (Phi) is 6.74. The third kappa shape index (κ3) is 4.77. The number of aliphatic hydroxyl groups excluding tert-OH is 1. The molecule has 0 heterocycles. The first kappa shape index (κ1) is 17.6. The molecule has 6 nitrogen and oxygen atoms in total. The standard InChI is InChI=1S/C13H16Cl2N2O4/c1-2-17(4-3-5-18)13(21)16-11-9(14)6-8(12(19)20)7-10(11)15/h6-7,18H,2-5H2,1H3,(H,16,21)(H,19,20). The SMILES string of the molecule is CCN(CCCO)C(=O)Nc1c(Cl)cc(C(=O)O)cc1Cl. The van der Waals surface area contributed by atoms with Gasteiger partial charge in [0, 0.05) is 19.7 Å². The fraction of sp³-hybridized carbons (Fsp3) is 0.385. The van der Waals surface area contributed by atoms with Crippen molar-refractivity contribution in [3.63, 3.8) is 0 Å². The molecule has 0 aromatic heterocycles. The minimum atomic E-state index is -1.16. The number of urea groups is 1. The summed E-state index contributed by atoms with van der Waals surface area (Å²) in [5.41, 5.74) is 0.103. The number of carboxylic acids is 1. The Morgan fingerprint density at radius 3 is 2.29 bits per heavy atom. The van der Waals surface area contributed by atoms with Crippen molar-refractivity contribution in [3.8, 4) is 0 Å². The first-order chi connectivity index (χ1) is 9.90. The van der Waals surface area contributed by atoms with Crippen molar-refractivity contribution in [3.05, 3.63) is 27.7 Å². The van der Waals surface area contributed by atoms with Crippen LogP contribution in [0.4, 0.5) is 10.5 Å². The van der Waals surface area contributed by atoms with Gasteiger partial charge in [-0.05, 0) is 25.5 Å². The number of nitrogens with zero attached hydrogens (tertiary/aromatic N) is 1. The number of aromatic carboxylic acids is 1. The second kappa shape index (κ2) is 8.07. The van der Waals surface area contributed by atoms with E-state index in [0.717, 1.165) is 0 Å². The van der Waals surface area contributed by atoms with Crippen LogP contribution in [0.3, 0.4) is 0 Å². The number of hydrogen-bond acceptors (Lipinski definition) is 3. The molecular weight excluding hydrogens is 319 g/mol. The largest absolute Gasteiger partial charge is 0.478 e. The number of carbonyl (C=O) groups is 2. The molecule has 0 aliphatic heterocycles. The molecule has 0 saturated heterocycles. The summed E-state index contributed by atoms with van der Waals surface area (Å²) >= 11 is 11.9. The molecule has 1 aromatic carbocycles. The van der Waals surface area contributed by atoms with Gasteiger partial charge in [0.15, 0.2) is 0 Å². The summed E-state index contributed by atoms with van der Waals surface area (Å²) in [5, 5.41) is 20.3. The first-order valence-electron chi connectivity index (χ1n) is 6.29. The third-order valence-electron chi connectivity index (χ3n) is 2.78. The van der Waals surface area contributed by atoms with Gasteiger partial charge in [-0.15, -0.1) is 0 Å². The van der Waals surface area contributed by atoms with Gasteiger partial charge in [-0.3, -0.25) is 0 Å². The van der Waals surface area contributed by atoms with Crippen LogP contribution in [0, 0.1) is 0 Å². The average Bonchev–Trinajstić information content (AvgIpc) is 2.43. The Morgan fingerprint density at radius 1 is 1.29 bits per heavy atom. The van der Waals surface area contributed by atoms with Gasteiger partial charge in [0.05, 0.1) is 21.3 Å². The third-order valence-corrected chi connectivity index (χ3v) is 3.37. The lowest BCUT2D eigenvalue weighted by Gasteiger charge is -2.21. The summed E-state index contributed by atoms with van der Waals surface area (Å²) in [7, 11) is 0. The molecule has 116 valence electrons. The van der Waals surface area contributed by atoms with E-state index in [4.69, 9.17) is 33.4 Å². The lowest BCUT2D eigenvalue weighted by Crippen LogP contribution is -2.36. The normalized spacial score (nSPS) is 10.3. The lowest BCUT2D eigenvalue weighted by atomic mass is 10.2. The number of halogens is 2. The minimum absolute atomic E-state index is 0.0153. The Hall–Kier alpha value is -1.50. The number of carboxylic acid groups (broad SMARTS) is 1. The number of nitrogens with one attached hydrogen (secondary N) is 1. The smallest absolute Gasteiger partial charge is 0.335 e. The van der Waals surface area contributed by atoms with Gasteiger partial charge in [0.2, 0.25) is 0 Å². The maximum absolute atomic E-state index is 12.1. The van der Waals surface area contributed by atoms with Crippen molar-refractivity contribution in [2.75, 3.05) is 25.0 Å². The fourth-order valence-electron chi connectivity index (χ4n) is 1.67. The maximum atomic E-state index is 12.1. The second-order valence-corrected chi connectivity index (χ2v) is 5.02. The van der Waals surface area contributed by atoms with Gasteiger partial charge < -0.3 is 20.4 Å². The number of aliphatic hydroxyl groups is 1. The summed E-state index contributed by atoms with van der Waals surface area (Å²) < 4.78 is 0. The van der Waals surface area contributed by atoms with Crippen LogP contribution in [0.25, 0.3) is 0 Å². The molecule has 0 spiro atoms.